The van der Waals surface area contributed by atoms with Crippen LogP contribution in [0.15, 0.2) is 47.6 Å². The maximum absolute atomic E-state index is 13.5. The zero-order valence-electron chi connectivity index (χ0n) is 9.17. The second-order valence-electron chi connectivity index (χ2n) is 3.50. The van der Waals surface area contributed by atoms with Crippen molar-refractivity contribution in [3.05, 3.63) is 48.5 Å². The van der Waals surface area contributed by atoms with E-state index in [4.69, 9.17) is 5.73 Å². The van der Waals surface area contributed by atoms with Gasteiger partial charge in [0.05, 0.1) is 11.4 Å². The highest BCUT2D eigenvalue weighted by Gasteiger charge is 2.22. The van der Waals surface area contributed by atoms with Gasteiger partial charge in [0.2, 0.25) is 0 Å². The van der Waals surface area contributed by atoms with Crippen LogP contribution in [0.3, 0.4) is 0 Å². The molecule has 1 aromatic heterocycles. The van der Waals surface area contributed by atoms with Gasteiger partial charge in [-0.25, -0.2) is 12.8 Å². The molecule has 3 N–H and O–H groups in total. The Morgan fingerprint density at radius 2 is 1.83 bits per heavy atom. The molecule has 1 heterocycles. The third-order valence-electron chi connectivity index (χ3n) is 2.20. The van der Waals surface area contributed by atoms with Gasteiger partial charge < -0.3 is 5.73 Å². The van der Waals surface area contributed by atoms with Crippen molar-refractivity contribution in [3.63, 3.8) is 0 Å². The van der Waals surface area contributed by atoms with E-state index in [1.807, 2.05) is 0 Å². The molecule has 0 aliphatic heterocycles. The second kappa shape index (κ2) is 4.61. The van der Waals surface area contributed by atoms with Crippen LogP contribution in [0.1, 0.15) is 0 Å². The fourth-order valence-electron chi connectivity index (χ4n) is 1.44. The fourth-order valence-corrected chi connectivity index (χ4v) is 2.69. The molecule has 0 aliphatic rings. The summed E-state index contributed by atoms with van der Waals surface area (Å²) in [4.78, 5) is 3.20. The molecule has 5 nitrogen and oxygen atoms in total. The molecule has 0 unspecified atom stereocenters. The topological polar surface area (TPSA) is 85.1 Å². The monoisotopic (exact) mass is 267 g/mol. The Hall–Kier alpha value is -2.15. The molecule has 94 valence electrons. The number of nitrogens with zero attached hydrogens (tertiary/aromatic N) is 1. The molecule has 0 saturated heterocycles. The van der Waals surface area contributed by atoms with Gasteiger partial charge in [-0.2, -0.15) is 0 Å². The largest absolute Gasteiger partial charge is 0.398 e. The number of nitrogens with one attached hydrogen (secondary N) is 1. The van der Waals surface area contributed by atoms with Crippen molar-refractivity contribution < 1.29 is 12.8 Å². The van der Waals surface area contributed by atoms with Crippen molar-refractivity contribution in [2.24, 2.45) is 0 Å². The van der Waals surface area contributed by atoms with Gasteiger partial charge in [0.15, 0.2) is 0 Å². The Bertz CT molecular complexity index is 639. The molecule has 0 spiro atoms. The summed E-state index contributed by atoms with van der Waals surface area (Å²) < 4.78 is 39.7. The number of aromatic nitrogens is 1. The first-order valence-electron chi connectivity index (χ1n) is 4.97. The van der Waals surface area contributed by atoms with Crippen LogP contribution in [0.5, 0.6) is 0 Å². The van der Waals surface area contributed by atoms with Crippen LogP contribution < -0.4 is 10.5 Å². The summed E-state index contributed by atoms with van der Waals surface area (Å²) >= 11 is 0. The van der Waals surface area contributed by atoms with Gasteiger partial charge in [-0.15, -0.1) is 0 Å². The summed E-state index contributed by atoms with van der Waals surface area (Å²) in [5.74, 6) is -0.892. The average Bonchev–Trinajstić information content (AvgIpc) is 2.28. The molecular formula is C11H10FN3O2S. The van der Waals surface area contributed by atoms with Crippen molar-refractivity contribution >= 4 is 21.4 Å². The van der Waals surface area contributed by atoms with E-state index >= 15 is 0 Å². The van der Waals surface area contributed by atoms with Gasteiger partial charge in [-0.05, 0) is 24.3 Å². The molecule has 0 atom stereocenters. The third kappa shape index (κ3) is 2.40. The van der Waals surface area contributed by atoms with E-state index in [1.165, 1.54) is 36.7 Å². The van der Waals surface area contributed by atoms with Gasteiger partial charge in [0.25, 0.3) is 10.0 Å². The Labute approximate surface area is 104 Å². The summed E-state index contributed by atoms with van der Waals surface area (Å²) in [6, 6.07) is 6.61. The normalized spacial score (nSPS) is 11.2. The van der Waals surface area contributed by atoms with Crippen molar-refractivity contribution in [2.45, 2.75) is 4.90 Å². The lowest BCUT2D eigenvalue weighted by atomic mass is 10.3. The minimum absolute atomic E-state index is 0.142. The molecule has 18 heavy (non-hydrogen) atoms. The van der Waals surface area contributed by atoms with Gasteiger partial charge in [-0.1, -0.05) is 6.07 Å². The van der Waals surface area contributed by atoms with Gasteiger partial charge >= 0.3 is 0 Å². The fraction of sp³-hybridized carbons (Fsp3) is 0. The maximum atomic E-state index is 13.5. The molecule has 7 heteroatoms. The third-order valence-corrected chi connectivity index (χ3v) is 3.67. The van der Waals surface area contributed by atoms with Gasteiger partial charge in [0, 0.05) is 12.4 Å². The Balaban J connectivity index is 2.44. The number of sulfonamides is 1. The number of pyridine rings is 1. The molecule has 0 bridgehead atoms. The predicted molar refractivity (Wildman–Crippen MR) is 65.9 cm³/mol. The number of anilines is 2. The molecule has 0 radical (unpaired) electrons. The molecule has 2 aromatic rings. The number of benzene rings is 1. The Morgan fingerprint density at radius 1 is 1.17 bits per heavy atom. The highest BCUT2D eigenvalue weighted by molar-refractivity contribution is 7.92. The highest BCUT2D eigenvalue weighted by atomic mass is 32.2. The molecule has 0 fully saturated rings. The molecular weight excluding hydrogens is 257 g/mol. The molecule has 0 saturated carbocycles. The lowest BCUT2D eigenvalue weighted by Crippen LogP contribution is -2.16. The van der Waals surface area contributed by atoms with Crippen LogP contribution >= 0.6 is 0 Å². The van der Waals surface area contributed by atoms with E-state index < -0.39 is 20.7 Å². The minimum atomic E-state index is -4.05. The number of hydrogen-bond donors (Lipinski definition) is 2. The van der Waals surface area contributed by atoms with Crippen LogP contribution in [-0.4, -0.2) is 13.4 Å². The Kier molecular flexibility index (Phi) is 3.15. The Morgan fingerprint density at radius 3 is 2.44 bits per heavy atom. The zero-order chi connectivity index (χ0) is 13.2. The number of hydrogen-bond acceptors (Lipinski definition) is 4. The molecule has 2 rings (SSSR count). The zero-order valence-corrected chi connectivity index (χ0v) is 9.99. The summed E-state index contributed by atoms with van der Waals surface area (Å²) in [7, 11) is -4.05. The molecule has 1 aromatic carbocycles. The number of halogens is 1. The van der Waals surface area contributed by atoms with Crippen LogP contribution in [0.25, 0.3) is 0 Å². The standard InChI is InChI=1S/C11H10FN3O2S/c12-9-2-1-3-10(13)11(9)18(16,17)15-8-4-6-14-7-5-8/h1-7H,13H2,(H,14,15). The van der Waals surface area contributed by atoms with E-state index in [0.29, 0.717) is 0 Å². The summed E-state index contributed by atoms with van der Waals surface area (Å²) in [6.45, 7) is 0. The van der Waals surface area contributed by atoms with Crippen molar-refractivity contribution in [2.75, 3.05) is 10.5 Å². The van der Waals surface area contributed by atoms with Crippen molar-refractivity contribution in [1.82, 2.24) is 4.98 Å². The van der Waals surface area contributed by atoms with Gasteiger partial charge in [0.1, 0.15) is 10.7 Å². The molecule has 0 aliphatic carbocycles. The van der Waals surface area contributed by atoms with Crippen molar-refractivity contribution in [3.8, 4) is 0 Å². The van der Waals surface area contributed by atoms with E-state index in [9.17, 15) is 12.8 Å². The number of nitrogens with two attached hydrogens (primary N) is 1. The van der Waals surface area contributed by atoms with Crippen LogP contribution in [0.2, 0.25) is 0 Å². The first-order chi connectivity index (χ1) is 8.50. The van der Waals surface area contributed by atoms with Crippen molar-refractivity contribution in [1.29, 1.82) is 0 Å². The summed E-state index contributed by atoms with van der Waals surface area (Å²) in [5.41, 5.74) is 5.63. The lowest BCUT2D eigenvalue weighted by Gasteiger charge is -2.10. The number of nitrogen functional groups attached to an aromatic ring is 1. The van der Waals surface area contributed by atoms with Crippen LogP contribution in [-0.2, 0) is 10.0 Å². The minimum Gasteiger partial charge on any atom is -0.398 e. The quantitative estimate of drug-likeness (QED) is 0.827. The smallest absolute Gasteiger partial charge is 0.266 e. The highest BCUT2D eigenvalue weighted by Crippen LogP contribution is 2.23. The van der Waals surface area contributed by atoms with Crippen LogP contribution in [0.4, 0.5) is 15.8 Å². The first-order valence-corrected chi connectivity index (χ1v) is 6.46. The summed E-state index contributed by atoms with van der Waals surface area (Å²) in [6.07, 6.45) is 2.84. The SMILES string of the molecule is Nc1cccc(F)c1S(=O)(=O)Nc1ccncc1. The van der Waals surface area contributed by atoms with E-state index in [1.54, 1.807) is 0 Å². The van der Waals surface area contributed by atoms with Crippen LogP contribution in [0, 0.1) is 5.82 Å². The van der Waals surface area contributed by atoms with E-state index in [2.05, 4.69) is 9.71 Å². The van der Waals surface area contributed by atoms with E-state index in [-0.39, 0.29) is 11.4 Å². The summed E-state index contributed by atoms with van der Waals surface area (Å²) in [5, 5.41) is 0. The second-order valence-corrected chi connectivity index (χ2v) is 5.12. The maximum Gasteiger partial charge on any atom is 0.266 e. The first kappa shape index (κ1) is 12.3. The predicted octanol–water partition coefficient (Wildman–Crippen LogP) is 1.60. The van der Waals surface area contributed by atoms with Gasteiger partial charge in [-0.3, -0.25) is 9.71 Å². The number of rotatable bonds is 3. The average molecular weight is 267 g/mol. The van der Waals surface area contributed by atoms with E-state index in [0.717, 1.165) is 6.07 Å². The molecule has 0 amide bonds. The lowest BCUT2D eigenvalue weighted by molar-refractivity contribution is 0.572.